The summed E-state index contributed by atoms with van der Waals surface area (Å²) < 4.78 is 0. The van der Waals surface area contributed by atoms with Gasteiger partial charge in [-0.3, -0.25) is 0 Å². The molecule has 0 unspecified atom stereocenters. The van der Waals surface area contributed by atoms with Crippen LogP contribution in [0, 0.1) is 0 Å². The summed E-state index contributed by atoms with van der Waals surface area (Å²) >= 11 is 36.0. The van der Waals surface area contributed by atoms with Crippen LogP contribution < -0.4 is 0 Å². The van der Waals surface area contributed by atoms with E-state index < -0.39 is 11.5 Å². The highest BCUT2D eigenvalue weighted by Crippen LogP contribution is 2.53. The van der Waals surface area contributed by atoms with Crippen molar-refractivity contribution in [2.45, 2.75) is 0 Å². The number of aromatic hydroxyl groups is 2. The van der Waals surface area contributed by atoms with E-state index in [0.717, 1.165) is 0 Å². The molecule has 2 aromatic carbocycles. The maximum Gasteiger partial charge on any atom is 0.179 e. The molecule has 0 atom stereocenters. The Morgan fingerprint density at radius 1 is 0.550 bits per heavy atom. The fraction of sp³-hybridized carbons (Fsp3) is 0. The van der Waals surface area contributed by atoms with Crippen molar-refractivity contribution < 1.29 is 10.2 Å². The van der Waals surface area contributed by atoms with E-state index in [0.29, 0.717) is 0 Å². The molecule has 0 fully saturated rings. The molecule has 0 saturated carbocycles. The third-order valence-electron chi connectivity index (χ3n) is 2.57. The van der Waals surface area contributed by atoms with Crippen molar-refractivity contribution in [2.75, 3.05) is 0 Å². The fourth-order valence-electron chi connectivity index (χ4n) is 1.61. The molecule has 20 heavy (non-hydrogen) atoms. The fourth-order valence-corrected chi connectivity index (χ4v) is 3.12. The lowest BCUT2D eigenvalue weighted by Crippen LogP contribution is -1.89. The molecule has 0 spiro atoms. The number of phenolic OH excluding ortho intramolecular Hbond substituents is 2. The van der Waals surface area contributed by atoms with Crippen molar-refractivity contribution in [3.63, 3.8) is 0 Å². The van der Waals surface area contributed by atoms with Crippen LogP contribution in [-0.2, 0) is 0 Å². The molecule has 2 nitrogen and oxygen atoms in total. The topological polar surface area (TPSA) is 40.5 Å². The molecule has 106 valence electrons. The summed E-state index contributed by atoms with van der Waals surface area (Å²) in [5.74, 6) is -1.25. The Morgan fingerprint density at radius 3 is 1.65 bits per heavy atom. The Kier molecular flexibility index (Phi) is 4.75. The molecule has 0 aliphatic carbocycles. The zero-order valence-electron chi connectivity index (χ0n) is 9.32. The third kappa shape index (κ3) is 2.50. The molecular weight excluding hydrogens is 389 g/mol. The second-order valence-electron chi connectivity index (χ2n) is 3.73. The van der Waals surface area contributed by atoms with Crippen molar-refractivity contribution >= 4 is 69.6 Å². The number of hydrogen-bond donors (Lipinski definition) is 2. The monoisotopic (exact) mass is 390 g/mol. The van der Waals surface area contributed by atoms with Gasteiger partial charge in [-0.1, -0.05) is 69.6 Å². The summed E-state index contributed by atoms with van der Waals surface area (Å²) in [4.78, 5) is 0. The molecule has 2 aromatic rings. The van der Waals surface area contributed by atoms with Gasteiger partial charge in [-0.25, -0.2) is 0 Å². The average Bonchev–Trinajstić information content (AvgIpc) is 2.42. The van der Waals surface area contributed by atoms with Crippen molar-refractivity contribution in [1.29, 1.82) is 0 Å². The van der Waals surface area contributed by atoms with E-state index in [1.54, 1.807) is 0 Å². The molecule has 2 N–H and O–H groups in total. The quantitative estimate of drug-likeness (QED) is 0.419. The summed E-state index contributed by atoms with van der Waals surface area (Å²) in [7, 11) is 0. The number of rotatable bonds is 1. The smallest absolute Gasteiger partial charge is 0.179 e. The van der Waals surface area contributed by atoms with E-state index in [9.17, 15) is 10.2 Å². The molecule has 2 rings (SSSR count). The predicted molar refractivity (Wildman–Crippen MR) is 85.3 cm³/mol. The number of benzene rings is 2. The Labute approximate surface area is 144 Å². The normalized spacial score (nSPS) is 10.9. The second-order valence-corrected chi connectivity index (χ2v) is 6.06. The zero-order valence-corrected chi connectivity index (χ0v) is 13.9. The van der Waals surface area contributed by atoms with Gasteiger partial charge in [-0.15, -0.1) is 0 Å². The minimum absolute atomic E-state index is 0.0890. The van der Waals surface area contributed by atoms with Crippen LogP contribution in [0.2, 0.25) is 30.1 Å². The number of phenols is 2. The Morgan fingerprint density at radius 2 is 1.05 bits per heavy atom. The van der Waals surface area contributed by atoms with Gasteiger partial charge in [0.25, 0.3) is 0 Å². The summed E-state index contributed by atoms with van der Waals surface area (Å²) in [6, 6.07) is 3.00. The highest BCUT2D eigenvalue weighted by atomic mass is 35.5. The molecule has 0 heterocycles. The van der Waals surface area contributed by atoms with Crippen molar-refractivity contribution in [1.82, 2.24) is 0 Å². The van der Waals surface area contributed by atoms with E-state index >= 15 is 0 Å². The molecule has 0 aromatic heterocycles. The predicted octanol–water partition coefficient (Wildman–Crippen LogP) is 6.69. The Hall–Kier alpha value is -0.220. The second kappa shape index (κ2) is 5.88. The van der Waals surface area contributed by atoms with Gasteiger partial charge in [-0.2, -0.15) is 0 Å². The molecule has 0 amide bonds. The maximum atomic E-state index is 9.76. The summed E-state index contributed by atoms with van der Waals surface area (Å²) in [6.07, 6.45) is 0. The Bertz CT molecular complexity index is 685. The summed E-state index contributed by atoms with van der Waals surface area (Å²) in [5.41, 5.74) is 0.305. The number of halogens is 6. The van der Waals surface area contributed by atoms with Crippen LogP contribution in [0.5, 0.6) is 11.5 Å². The maximum absolute atomic E-state index is 9.76. The minimum atomic E-state index is -0.625. The average molecular weight is 393 g/mol. The summed E-state index contributed by atoms with van der Waals surface area (Å²) in [5, 5.41) is 19.3. The van der Waals surface area contributed by atoms with E-state index in [1.807, 2.05) is 0 Å². The van der Waals surface area contributed by atoms with Crippen molar-refractivity contribution in [3.8, 4) is 22.6 Å². The van der Waals surface area contributed by atoms with Gasteiger partial charge in [0.15, 0.2) is 11.5 Å². The van der Waals surface area contributed by atoms with Crippen LogP contribution in [0.3, 0.4) is 0 Å². The lowest BCUT2D eigenvalue weighted by atomic mass is 10.0. The van der Waals surface area contributed by atoms with E-state index in [2.05, 4.69) is 0 Å². The van der Waals surface area contributed by atoms with E-state index in [4.69, 9.17) is 69.6 Å². The van der Waals surface area contributed by atoms with Crippen LogP contribution in [-0.4, -0.2) is 10.2 Å². The zero-order chi connectivity index (χ0) is 15.2. The van der Waals surface area contributed by atoms with Crippen LogP contribution in [0.4, 0.5) is 0 Å². The largest absolute Gasteiger partial charge is 0.503 e. The van der Waals surface area contributed by atoms with Gasteiger partial charge in [0.05, 0.1) is 25.1 Å². The molecular formula is C12H4Cl6O2. The van der Waals surface area contributed by atoms with Crippen LogP contribution in [0.1, 0.15) is 0 Å². The minimum Gasteiger partial charge on any atom is -0.503 e. The number of hydrogen-bond acceptors (Lipinski definition) is 2. The molecule has 8 heteroatoms. The van der Waals surface area contributed by atoms with Crippen LogP contribution in [0.25, 0.3) is 11.1 Å². The molecule has 0 aliphatic rings. The third-order valence-corrected chi connectivity index (χ3v) is 4.90. The van der Waals surface area contributed by atoms with Gasteiger partial charge in [-0.05, 0) is 12.1 Å². The lowest BCUT2D eigenvalue weighted by molar-refractivity contribution is 0.404. The standard InChI is InChI=1S/C12H4Cl6O2/c13-3-1-2-4(14)7(15)5(3)6-8(16)10(18)12(20)11(19)9(6)17/h1-2,19-20H. The first-order valence-electron chi connectivity index (χ1n) is 4.99. The van der Waals surface area contributed by atoms with Gasteiger partial charge in [0.1, 0.15) is 5.02 Å². The highest BCUT2D eigenvalue weighted by molar-refractivity contribution is 6.51. The van der Waals surface area contributed by atoms with E-state index in [1.165, 1.54) is 12.1 Å². The highest BCUT2D eigenvalue weighted by Gasteiger charge is 2.25. The van der Waals surface area contributed by atoms with Gasteiger partial charge in [0.2, 0.25) is 0 Å². The SMILES string of the molecule is Oc1c(O)c(Cl)c(-c2c(Cl)ccc(Cl)c2Cl)c(Cl)c1Cl. The first-order chi connectivity index (χ1) is 9.27. The van der Waals surface area contributed by atoms with Crippen LogP contribution >= 0.6 is 69.6 Å². The van der Waals surface area contributed by atoms with Gasteiger partial charge < -0.3 is 10.2 Å². The molecule has 0 bridgehead atoms. The first kappa shape index (κ1) is 16.2. The Balaban J connectivity index is 2.95. The first-order valence-corrected chi connectivity index (χ1v) is 7.26. The lowest BCUT2D eigenvalue weighted by Gasteiger charge is -2.15. The molecule has 0 aliphatic heterocycles. The van der Waals surface area contributed by atoms with Crippen molar-refractivity contribution in [2.24, 2.45) is 0 Å². The molecule has 0 radical (unpaired) electrons. The van der Waals surface area contributed by atoms with Gasteiger partial charge in [0, 0.05) is 11.1 Å². The summed E-state index contributed by atoms with van der Waals surface area (Å²) in [6.45, 7) is 0. The van der Waals surface area contributed by atoms with Gasteiger partial charge >= 0.3 is 0 Å². The van der Waals surface area contributed by atoms with Crippen molar-refractivity contribution in [3.05, 3.63) is 42.3 Å². The molecule has 0 saturated heterocycles. The van der Waals surface area contributed by atoms with Crippen LogP contribution in [0.15, 0.2) is 12.1 Å². The van der Waals surface area contributed by atoms with E-state index in [-0.39, 0.29) is 41.3 Å².